The third-order valence-electron chi connectivity index (χ3n) is 4.31. The van der Waals surface area contributed by atoms with Gasteiger partial charge < -0.3 is 9.88 Å². The van der Waals surface area contributed by atoms with E-state index in [1.807, 2.05) is 54.8 Å². The van der Waals surface area contributed by atoms with Crippen LogP contribution in [0.1, 0.15) is 17.0 Å². The standard InChI is InChI=1S/C21H19BrCl2N4O/c1-13-9-15(14(2)28(13)20-8-5-17(23)10-19(20)24)11-26-27-21(29)12-25-18-6-3-16(22)4-7-18/h3-11,25H,12H2,1-2H3,(H,27,29)/b26-11-. The maximum atomic E-state index is 12.0. The Labute approximate surface area is 187 Å². The minimum Gasteiger partial charge on any atom is -0.376 e. The molecule has 0 saturated carbocycles. The normalized spacial score (nSPS) is 11.1. The molecule has 0 aliphatic carbocycles. The van der Waals surface area contributed by atoms with Gasteiger partial charge in [0.05, 0.1) is 23.5 Å². The fourth-order valence-electron chi connectivity index (χ4n) is 2.92. The summed E-state index contributed by atoms with van der Waals surface area (Å²) in [7, 11) is 0. The molecule has 3 rings (SSSR count). The number of nitrogens with zero attached hydrogens (tertiary/aromatic N) is 2. The average molecular weight is 494 g/mol. The molecule has 0 atom stereocenters. The lowest BCUT2D eigenvalue weighted by Crippen LogP contribution is -2.25. The lowest BCUT2D eigenvalue weighted by atomic mass is 10.2. The van der Waals surface area contributed by atoms with Crippen molar-refractivity contribution in [2.75, 3.05) is 11.9 Å². The molecule has 0 bridgehead atoms. The molecule has 5 nitrogen and oxygen atoms in total. The second-order valence-corrected chi connectivity index (χ2v) is 8.17. The van der Waals surface area contributed by atoms with Gasteiger partial charge in [0.15, 0.2) is 0 Å². The first kappa shape index (κ1) is 21.4. The molecule has 1 aromatic heterocycles. The molecule has 0 spiro atoms. The quantitative estimate of drug-likeness (QED) is 0.340. The Morgan fingerprint density at radius 2 is 1.86 bits per heavy atom. The van der Waals surface area contributed by atoms with Crippen molar-refractivity contribution in [1.29, 1.82) is 0 Å². The van der Waals surface area contributed by atoms with Crippen LogP contribution in [0.3, 0.4) is 0 Å². The predicted molar refractivity (Wildman–Crippen MR) is 124 cm³/mol. The van der Waals surface area contributed by atoms with Crippen molar-refractivity contribution in [3.05, 3.63) is 80.0 Å². The maximum absolute atomic E-state index is 12.0. The Bertz CT molecular complexity index is 1060. The summed E-state index contributed by atoms with van der Waals surface area (Å²) in [5.41, 5.74) is 7.07. The summed E-state index contributed by atoms with van der Waals surface area (Å²) < 4.78 is 3.01. The molecule has 0 saturated heterocycles. The largest absolute Gasteiger partial charge is 0.376 e. The molecule has 0 unspecified atom stereocenters. The van der Waals surface area contributed by atoms with Crippen LogP contribution < -0.4 is 10.7 Å². The minimum atomic E-state index is -0.237. The third-order valence-corrected chi connectivity index (χ3v) is 5.38. The molecule has 8 heteroatoms. The smallest absolute Gasteiger partial charge is 0.259 e. The number of halogens is 3. The van der Waals surface area contributed by atoms with Gasteiger partial charge in [0.2, 0.25) is 0 Å². The molecular formula is C21H19BrCl2N4O. The molecule has 1 heterocycles. The van der Waals surface area contributed by atoms with Crippen LogP contribution in [0.5, 0.6) is 0 Å². The van der Waals surface area contributed by atoms with Crippen LogP contribution in [0.25, 0.3) is 5.69 Å². The average Bonchev–Trinajstić information content (AvgIpc) is 2.95. The number of hydrogen-bond acceptors (Lipinski definition) is 3. The first-order valence-electron chi connectivity index (χ1n) is 8.81. The lowest BCUT2D eigenvalue weighted by molar-refractivity contribution is -0.119. The fourth-order valence-corrected chi connectivity index (χ4v) is 3.67. The van der Waals surface area contributed by atoms with Crippen molar-refractivity contribution < 1.29 is 4.79 Å². The van der Waals surface area contributed by atoms with E-state index in [1.54, 1.807) is 18.3 Å². The first-order chi connectivity index (χ1) is 13.8. The topological polar surface area (TPSA) is 58.4 Å². The van der Waals surface area contributed by atoms with E-state index < -0.39 is 0 Å². The number of benzene rings is 2. The fraction of sp³-hybridized carbons (Fsp3) is 0.143. The molecular weight excluding hydrogens is 475 g/mol. The van der Waals surface area contributed by atoms with E-state index in [9.17, 15) is 4.79 Å². The van der Waals surface area contributed by atoms with Crippen LogP contribution in [-0.2, 0) is 4.79 Å². The number of hydrogen-bond donors (Lipinski definition) is 2. The van der Waals surface area contributed by atoms with Gasteiger partial charge in [-0.05, 0) is 62.4 Å². The van der Waals surface area contributed by atoms with E-state index in [2.05, 4.69) is 31.8 Å². The van der Waals surface area contributed by atoms with Crippen LogP contribution in [0.4, 0.5) is 5.69 Å². The molecule has 3 aromatic rings. The molecule has 29 heavy (non-hydrogen) atoms. The van der Waals surface area contributed by atoms with E-state index in [0.29, 0.717) is 10.0 Å². The Balaban J connectivity index is 1.65. The van der Waals surface area contributed by atoms with E-state index >= 15 is 0 Å². The Hall–Kier alpha value is -2.28. The third kappa shape index (κ3) is 5.41. The summed E-state index contributed by atoms with van der Waals surface area (Å²) in [5.74, 6) is -0.237. The zero-order valence-corrected chi connectivity index (χ0v) is 18.9. The summed E-state index contributed by atoms with van der Waals surface area (Å²) in [6.45, 7) is 4.07. The molecule has 0 aliphatic rings. The second-order valence-electron chi connectivity index (χ2n) is 6.41. The number of rotatable bonds is 6. The molecule has 2 aromatic carbocycles. The highest BCUT2D eigenvalue weighted by Crippen LogP contribution is 2.28. The van der Waals surface area contributed by atoms with E-state index in [4.69, 9.17) is 23.2 Å². The lowest BCUT2D eigenvalue weighted by Gasteiger charge is -2.11. The monoisotopic (exact) mass is 492 g/mol. The van der Waals surface area contributed by atoms with Gasteiger partial charge in [-0.3, -0.25) is 4.79 Å². The van der Waals surface area contributed by atoms with E-state index in [0.717, 1.165) is 32.8 Å². The highest BCUT2D eigenvalue weighted by atomic mass is 79.9. The summed E-state index contributed by atoms with van der Waals surface area (Å²) >= 11 is 15.7. The van der Waals surface area contributed by atoms with Gasteiger partial charge in [-0.1, -0.05) is 39.1 Å². The van der Waals surface area contributed by atoms with Crippen molar-refractivity contribution in [1.82, 2.24) is 9.99 Å². The highest BCUT2D eigenvalue weighted by Gasteiger charge is 2.12. The number of aromatic nitrogens is 1. The number of nitrogens with one attached hydrogen (secondary N) is 2. The van der Waals surface area contributed by atoms with Gasteiger partial charge in [-0.25, -0.2) is 5.43 Å². The van der Waals surface area contributed by atoms with Crippen LogP contribution >= 0.6 is 39.1 Å². The van der Waals surface area contributed by atoms with Gasteiger partial charge in [0, 0.05) is 32.1 Å². The molecule has 0 radical (unpaired) electrons. The van der Waals surface area contributed by atoms with Crippen LogP contribution in [0.2, 0.25) is 10.0 Å². The first-order valence-corrected chi connectivity index (χ1v) is 10.4. The van der Waals surface area contributed by atoms with E-state index in [-0.39, 0.29) is 12.5 Å². The second kappa shape index (κ2) is 9.48. The number of amides is 1. The SMILES string of the molecule is Cc1cc(/C=N\NC(=O)CNc2ccc(Br)cc2)c(C)n1-c1ccc(Cl)cc1Cl. The van der Waals surface area contributed by atoms with Crippen molar-refractivity contribution in [3.8, 4) is 5.69 Å². The predicted octanol–water partition coefficient (Wildman–Crippen LogP) is 5.73. The maximum Gasteiger partial charge on any atom is 0.259 e. The number of hydrazone groups is 1. The molecule has 150 valence electrons. The van der Waals surface area contributed by atoms with Crippen molar-refractivity contribution in [2.45, 2.75) is 13.8 Å². The summed E-state index contributed by atoms with van der Waals surface area (Å²) in [5, 5.41) is 8.27. The van der Waals surface area contributed by atoms with Gasteiger partial charge in [-0.2, -0.15) is 5.10 Å². The van der Waals surface area contributed by atoms with Gasteiger partial charge in [0.25, 0.3) is 5.91 Å². The summed E-state index contributed by atoms with van der Waals surface area (Å²) in [6.07, 6.45) is 1.63. The number of carbonyl (C=O) groups excluding carboxylic acids is 1. The molecule has 1 amide bonds. The van der Waals surface area contributed by atoms with Crippen LogP contribution in [0.15, 0.2) is 58.1 Å². The van der Waals surface area contributed by atoms with Crippen LogP contribution in [0, 0.1) is 13.8 Å². The van der Waals surface area contributed by atoms with Gasteiger partial charge >= 0.3 is 0 Å². The van der Waals surface area contributed by atoms with Gasteiger partial charge in [0.1, 0.15) is 0 Å². The zero-order valence-electron chi connectivity index (χ0n) is 15.8. The Morgan fingerprint density at radius 1 is 1.14 bits per heavy atom. The number of anilines is 1. The zero-order chi connectivity index (χ0) is 21.0. The highest BCUT2D eigenvalue weighted by molar-refractivity contribution is 9.10. The molecule has 2 N–H and O–H groups in total. The van der Waals surface area contributed by atoms with Crippen LogP contribution in [-0.4, -0.2) is 23.2 Å². The van der Waals surface area contributed by atoms with Crippen molar-refractivity contribution >= 4 is 56.9 Å². The molecule has 0 fully saturated rings. The Morgan fingerprint density at radius 3 is 2.55 bits per heavy atom. The number of carbonyl (C=O) groups is 1. The van der Waals surface area contributed by atoms with Crippen molar-refractivity contribution in [2.24, 2.45) is 5.10 Å². The summed E-state index contributed by atoms with van der Waals surface area (Å²) in [4.78, 5) is 12.0. The summed E-state index contributed by atoms with van der Waals surface area (Å²) in [6, 6.07) is 15.0. The molecule has 0 aliphatic heterocycles. The number of aryl methyl sites for hydroxylation is 1. The Kier molecular flexibility index (Phi) is 7.00. The van der Waals surface area contributed by atoms with E-state index in [1.165, 1.54) is 0 Å². The minimum absolute atomic E-state index is 0.123. The van der Waals surface area contributed by atoms with Gasteiger partial charge in [-0.15, -0.1) is 0 Å². The van der Waals surface area contributed by atoms with Crippen molar-refractivity contribution in [3.63, 3.8) is 0 Å².